The van der Waals surface area contributed by atoms with Crippen LogP contribution in [0, 0.1) is 0 Å². The number of hydrogen-bond acceptors (Lipinski definition) is 7. The van der Waals surface area contributed by atoms with Gasteiger partial charge in [-0.25, -0.2) is 0 Å². The normalized spacial score (nSPS) is 15.6. The van der Waals surface area contributed by atoms with E-state index in [2.05, 4.69) is 10.2 Å². The molecule has 0 saturated carbocycles. The summed E-state index contributed by atoms with van der Waals surface area (Å²) in [6.45, 7) is 0. The molecule has 5 rings (SSSR count). The molecule has 6 nitrogen and oxygen atoms in total. The number of amides is 1. The van der Waals surface area contributed by atoms with Gasteiger partial charge >= 0.3 is 0 Å². The van der Waals surface area contributed by atoms with E-state index in [1.165, 1.54) is 34.1 Å². The van der Waals surface area contributed by atoms with Gasteiger partial charge in [-0.1, -0.05) is 107 Å². The first-order valence-corrected chi connectivity index (χ1v) is 14.0. The average Bonchev–Trinajstić information content (AvgIpc) is 3.49. The van der Waals surface area contributed by atoms with Crippen molar-refractivity contribution in [2.45, 2.75) is 16.1 Å². The van der Waals surface area contributed by atoms with E-state index in [1.807, 2.05) is 54.6 Å². The van der Waals surface area contributed by atoms with Gasteiger partial charge < -0.3 is 5.11 Å². The molecule has 1 aliphatic rings. The summed E-state index contributed by atoms with van der Waals surface area (Å²) in [6.07, 6.45) is 2.99. The van der Waals surface area contributed by atoms with Gasteiger partial charge in [0.1, 0.15) is 0 Å². The zero-order chi connectivity index (χ0) is 26.6. The van der Waals surface area contributed by atoms with E-state index in [4.69, 9.17) is 23.2 Å². The fourth-order valence-electron chi connectivity index (χ4n) is 3.96. The van der Waals surface area contributed by atoms with Gasteiger partial charge in [0, 0.05) is 15.8 Å². The highest BCUT2D eigenvalue weighted by atomic mass is 35.5. The van der Waals surface area contributed by atoms with Crippen LogP contribution < -0.4 is 4.90 Å². The van der Waals surface area contributed by atoms with Crippen LogP contribution in [0.25, 0.3) is 6.08 Å². The van der Waals surface area contributed by atoms with Crippen LogP contribution in [-0.4, -0.2) is 27.0 Å². The third-order valence-corrected chi connectivity index (χ3v) is 8.36. The van der Waals surface area contributed by atoms with E-state index in [9.17, 15) is 14.7 Å². The van der Waals surface area contributed by atoms with Gasteiger partial charge in [-0.05, 0) is 47.0 Å². The van der Waals surface area contributed by atoms with Crippen LogP contribution in [0.4, 0.5) is 5.13 Å². The van der Waals surface area contributed by atoms with Crippen LogP contribution in [0.5, 0.6) is 0 Å². The zero-order valence-corrected chi connectivity index (χ0v) is 22.8. The average molecular weight is 581 g/mol. The maximum Gasteiger partial charge on any atom is 0.296 e. The van der Waals surface area contributed by atoms with Gasteiger partial charge in [0.2, 0.25) is 5.13 Å². The minimum absolute atomic E-state index is 0.0463. The van der Waals surface area contributed by atoms with Gasteiger partial charge in [-0.15, -0.1) is 10.2 Å². The first kappa shape index (κ1) is 26.2. The number of carbonyl (C=O) groups is 2. The van der Waals surface area contributed by atoms with Crippen LogP contribution in [-0.2, 0) is 15.3 Å². The summed E-state index contributed by atoms with van der Waals surface area (Å²) in [7, 11) is 0. The number of benzene rings is 3. The first-order chi connectivity index (χ1) is 18.4. The van der Waals surface area contributed by atoms with Crippen LogP contribution in [0.1, 0.15) is 22.7 Å². The van der Waals surface area contributed by atoms with Gasteiger partial charge in [0.05, 0.1) is 11.6 Å². The molecule has 3 aromatic carbocycles. The number of thioether (sulfide) groups is 1. The first-order valence-electron chi connectivity index (χ1n) is 11.4. The van der Waals surface area contributed by atoms with E-state index < -0.39 is 23.5 Å². The lowest BCUT2D eigenvalue weighted by Gasteiger charge is -2.23. The summed E-state index contributed by atoms with van der Waals surface area (Å²) in [5, 5.41) is 20.7. The Morgan fingerprint density at radius 2 is 1.76 bits per heavy atom. The van der Waals surface area contributed by atoms with E-state index >= 15 is 0 Å². The molecule has 4 aromatic rings. The Morgan fingerprint density at radius 3 is 2.50 bits per heavy atom. The number of anilines is 1. The van der Waals surface area contributed by atoms with Crippen molar-refractivity contribution in [2.75, 3.05) is 4.90 Å². The Labute approximate surface area is 237 Å². The van der Waals surface area contributed by atoms with Crippen LogP contribution >= 0.6 is 46.3 Å². The molecule has 1 aliphatic heterocycles. The lowest BCUT2D eigenvalue weighted by molar-refractivity contribution is -0.117. The molecular weight excluding hydrogens is 561 g/mol. The molecule has 0 bridgehead atoms. The second-order valence-corrected chi connectivity index (χ2v) is 11.3. The molecule has 0 aliphatic carbocycles. The van der Waals surface area contributed by atoms with E-state index in [0.29, 0.717) is 25.7 Å². The molecule has 1 atom stereocenters. The molecule has 0 fully saturated rings. The van der Waals surface area contributed by atoms with Crippen LogP contribution in [0.15, 0.2) is 101 Å². The summed E-state index contributed by atoms with van der Waals surface area (Å²) in [5.74, 6) is -1.20. The van der Waals surface area contributed by atoms with Crippen molar-refractivity contribution in [3.8, 4) is 0 Å². The number of rotatable bonds is 8. The SMILES string of the molecule is O=C(/C=C/c1ccccc1)C1=C(O)C(=O)N(c2nnc(SCc3ccc(Cl)cc3)s2)C1c1cccc(Cl)c1. The van der Waals surface area contributed by atoms with Gasteiger partial charge in [0.15, 0.2) is 15.9 Å². The predicted octanol–water partition coefficient (Wildman–Crippen LogP) is 7.32. The molecule has 1 N–H and O–H groups in total. The fraction of sp³-hybridized carbons (Fsp3) is 0.0714. The highest BCUT2D eigenvalue weighted by Crippen LogP contribution is 2.43. The number of allylic oxidation sites excluding steroid dienone is 1. The molecule has 10 heteroatoms. The highest BCUT2D eigenvalue weighted by molar-refractivity contribution is 8.00. The number of aliphatic hydroxyl groups excluding tert-OH is 1. The minimum Gasteiger partial charge on any atom is -0.503 e. The molecule has 1 amide bonds. The van der Waals surface area contributed by atoms with E-state index in [1.54, 1.807) is 30.3 Å². The molecule has 1 unspecified atom stereocenters. The Hall–Kier alpha value is -3.43. The number of hydrogen-bond donors (Lipinski definition) is 1. The molecule has 0 radical (unpaired) electrons. The quantitative estimate of drug-likeness (QED) is 0.134. The molecular formula is C28H19Cl2N3O3S2. The van der Waals surface area contributed by atoms with Crippen molar-refractivity contribution < 1.29 is 14.7 Å². The fourth-order valence-corrected chi connectivity index (χ4v) is 6.10. The molecule has 2 heterocycles. The number of halogens is 2. The van der Waals surface area contributed by atoms with Gasteiger partial charge in [-0.3, -0.25) is 14.5 Å². The molecule has 1 aromatic heterocycles. The third kappa shape index (κ3) is 5.68. The van der Waals surface area contributed by atoms with Crippen LogP contribution in [0.3, 0.4) is 0 Å². The Balaban J connectivity index is 1.45. The second-order valence-electron chi connectivity index (χ2n) is 8.27. The molecule has 0 saturated heterocycles. The maximum absolute atomic E-state index is 13.3. The monoisotopic (exact) mass is 579 g/mol. The predicted molar refractivity (Wildman–Crippen MR) is 153 cm³/mol. The zero-order valence-electron chi connectivity index (χ0n) is 19.6. The van der Waals surface area contributed by atoms with E-state index in [-0.39, 0.29) is 10.7 Å². The number of aliphatic hydroxyl groups is 1. The van der Waals surface area contributed by atoms with Crippen molar-refractivity contribution in [2.24, 2.45) is 0 Å². The molecule has 0 spiro atoms. The molecule has 38 heavy (non-hydrogen) atoms. The summed E-state index contributed by atoms with van der Waals surface area (Å²) in [6, 6.07) is 22.7. The lowest BCUT2D eigenvalue weighted by Crippen LogP contribution is -2.30. The largest absolute Gasteiger partial charge is 0.503 e. The topological polar surface area (TPSA) is 83.4 Å². The summed E-state index contributed by atoms with van der Waals surface area (Å²) in [4.78, 5) is 28.0. The van der Waals surface area contributed by atoms with Crippen molar-refractivity contribution in [1.29, 1.82) is 0 Å². The second kappa shape index (κ2) is 11.5. The smallest absolute Gasteiger partial charge is 0.296 e. The Morgan fingerprint density at radius 1 is 1.00 bits per heavy atom. The lowest BCUT2D eigenvalue weighted by atomic mass is 9.96. The highest BCUT2D eigenvalue weighted by Gasteiger charge is 2.45. The Kier molecular flexibility index (Phi) is 7.95. The third-order valence-electron chi connectivity index (χ3n) is 5.74. The van der Waals surface area contributed by atoms with Crippen molar-refractivity contribution in [3.63, 3.8) is 0 Å². The van der Waals surface area contributed by atoms with Gasteiger partial charge in [0.25, 0.3) is 5.91 Å². The minimum atomic E-state index is -0.920. The van der Waals surface area contributed by atoms with E-state index in [0.717, 1.165) is 11.1 Å². The van der Waals surface area contributed by atoms with Crippen molar-refractivity contribution >= 4 is 69.2 Å². The number of carbonyl (C=O) groups excluding carboxylic acids is 2. The summed E-state index contributed by atoms with van der Waals surface area (Å²) < 4.78 is 0.635. The Bertz CT molecular complexity index is 1550. The van der Waals surface area contributed by atoms with Crippen molar-refractivity contribution in [1.82, 2.24) is 10.2 Å². The summed E-state index contributed by atoms with van der Waals surface area (Å²) >= 11 is 14.9. The molecule has 190 valence electrons. The summed E-state index contributed by atoms with van der Waals surface area (Å²) in [5.41, 5.74) is 2.39. The van der Waals surface area contributed by atoms with Crippen LogP contribution in [0.2, 0.25) is 10.0 Å². The number of aromatic nitrogens is 2. The number of ketones is 1. The maximum atomic E-state index is 13.3. The standard InChI is InChI=1S/C28H19Cl2N3O3S2/c29-20-12-9-18(10-13-20)16-37-28-32-31-27(38-28)33-24(19-7-4-8-21(30)15-19)23(25(35)26(33)36)22(34)14-11-17-5-2-1-3-6-17/h1-15,24,35H,16H2/b14-11+. The van der Waals surface area contributed by atoms with Gasteiger partial charge in [-0.2, -0.15) is 0 Å². The number of nitrogens with zero attached hydrogens (tertiary/aromatic N) is 3. The van der Waals surface area contributed by atoms with Crippen molar-refractivity contribution in [3.05, 3.63) is 123 Å².